The zero-order valence-corrected chi connectivity index (χ0v) is 17.1. The van der Waals surface area contributed by atoms with Gasteiger partial charge in [0.05, 0.1) is 0 Å². The molecule has 2 aromatic carbocycles. The van der Waals surface area contributed by atoms with Gasteiger partial charge in [-0.2, -0.15) is 0 Å². The van der Waals surface area contributed by atoms with Crippen molar-refractivity contribution in [2.45, 2.75) is 52.4 Å². The fraction of sp³-hybridized carbons (Fsp3) is 0.333. The second-order valence-electron chi connectivity index (χ2n) is 5.85. The van der Waals surface area contributed by atoms with Crippen LogP contribution in [0, 0.1) is 24.7 Å². The Labute approximate surface area is 183 Å². The van der Waals surface area contributed by atoms with Gasteiger partial charge in [-0.3, -0.25) is 11.8 Å². The van der Waals surface area contributed by atoms with Crippen LogP contribution in [0.1, 0.15) is 61.8 Å². The molecule has 0 heterocycles. The minimum absolute atomic E-state index is 0. The molecule has 26 heavy (non-hydrogen) atoms. The first-order valence-corrected chi connectivity index (χ1v) is 8.76. The van der Waals surface area contributed by atoms with Gasteiger partial charge in [-0.25, -0.2) is 0 Å². The zero-order valence-electron chi connectivity index (χ0n) is 16.2. The van der Waals surface area contributed by atoms with E-state index in [-0.39, 0.29) is 35.9 Å². The molecule has 0 bridgehead atoms. The monoisotopic (exact) mass is 384 g/mol. The predicted octanol–water partition coefficient (Wildman–Crippen LogP) is 5.55. The Morgan fingerprint density at radius 3 is 1.19 bits per heavy atom. The van der Waals surface area contributed by atoms with E-state index in [4.69, 9.17) is 12.8 Å². The molecule has 2 aromatic rings. The van der Waals surface area contributed by atoms with Crippen LogP contribution in [0.4, 0.5) is 0 Å². The van der Waals surface area contributed by atoms with Crippen LogP contribution < -0.4 is 0 Å². The molecule has 0 spiro atoms. The van der Waals surface area contributed by atoms with Crippen LogP contribution in [0.25, 0.3) is 0 Å². The van der Waals surface area contributed by atoms with Gasteiger partial charge in [0.1, 0.15) is 0 Å². The average Bonchev–Trinajstić information content (AvgIpc) is 2.66. The Morgan fingerprint density at radius 1 is 0.654 bits per heavy atom. The van der Waals surface area contributed by atoms with E-state index in [0.717, 1.165) is 24.0 Å². The Morgan fingerprint density at radius 2 is 0.962 bits per heavy atom. The molecule has 0 aliphatic heterocycles. The van der Waals surface area contributed by atoms with Crippen LogP contribution in [0.3, 0.4) is 0 Å². The summed E-state index contributed by atoms with van der Waals surface area (Å²) >= 11 is 0. The summed E-state index contributed by atoms with van der Waals surface area (Å²) in [5.41, 5.74) is 4.43. The Bertz CT molecular complexity index is 596. The minimum Gasteiger partial charge on any atom is -0.366 e. The fourth-order valence-electron chi connectivity index (χ4n) is 2.27. The molecule has 0 aliphatic carbocycles. The molecule has 134 valence electrons. The molecule has 0 atom stereocenters. The number of rotatable bonds is 6. The van der Waals surface area contributed by atoms with Gasteiger partial charge in [0.2, 0.25) is 0 Å². The molecule has 0 nitrogen and oxygen atoms in total. The van der Waals surface area contributed by atoms with Crippen LogP contribution in [0.15, 0.2) is 48.5 Å². The third-order valence-corrected chi connectivity index (χ3v) is 3.83. The first-order valence-electron chi connectivity index (χ1n) is 8.76. The number of hydrogen-bond donors (Lipinski definition) is 0. The summed E-state index contributed by atoms with van der Waals surface area (Å²) < 4.78 is 0. The molecule has 2 heteroatoms. The molecular formula is C24H26CuLi. The largest absolute Gasteiger partial charge is 2.00 e. The maximum atomic E-state index is 6.90. The smallest absolute Gasteiger partial charge is 0.366 e. The van der Waals surface area contributed by atoms with Crippen LogP contribution in [-0.4, -0.2) is 18.9 Å². The molecule has 0 amide bonds. The molecule has 0 unspecified atom stereocenters. The van der Waals surface area contributed by atoms with Gasteiger partial charge in [0.15, 0.2) is 0 Å². The molecule has 0 saturated heterocycles. The predicted molar refractivity (Wildman–Crippen MR) is 108 cm³/mol. The molecule has 0 N–H and O–H groups in total. The molecule has 2 radical (unpaired) electrons. The Balaban J connectivity index is 0. The van der Waals surface area contributed by atoms with E-state index in [1.54, 1.807) is 0 Å². The summed E-state index contributed by atoms with van der Waals surface area (Å²) in [5, 5.41) is 0. The van der Waals surface area contributed by atoms with Crippen molar-refractivity contribution in [3.05, 3.63) is 83.6 Å². The number of hydrogen-bond acceptors (Lipinski definition) is 0. The van der Waals surface area contributed by atoms with Crippen LogP contribution in [-0.2, 0) is 29.9 Å². The Kier molecular flexibility index (Phi) is 17.7. The molecule has 2 rings (SSSR count). The van der Waals surface area contributed by atoms with Gasteiger partial charge in [-0.1, -0.05) is 62.1 Å². The SMILES string of the molecule is [C-]#Cc1ccc(CCCC)cc1.[C-]#Cc1ccc(CCCC)cc1.[Cu+2].[Li]. The van der Waals surface area contributed by atoms with Gasteiger partial charge >= 0.3 is 17.1 Å². The topological polar surface area (TPSA) is 0 Å². The van der Waals surface area contributed by atoms with Crippen LogP contribution >= 0.6 is 0 Å². The number of aryl methyl sites for hydroxylation is 2. The van der Waals surface area contributed by atoms with Gasteiger partial charge in [0, 0.05) is 18.9 Å². The zero-order chi connectivity index (χ0) is 17.6. The Hall–Kier alpha value is -1.32. The van der Waals surface area contributed by atoms with E-state index in [1.165, 1.54) is 36.8 Å². The third kappa shape index (κ3) is 11.3. The summed E-state index contributed by atoms with van der Waals surface area (Å²) in [6.45, 7) is 4.39. The van der Waals surface area contributed by atoms with Crippen molar-refractivity contribution < 1.29 is 17.1 Å². The van der Waals surface area contributed by atoms with E-state index >= 15 is 0 Å². The van der Waals surface area contributed by atoms with Crippen molar-refractivity contribution in [2.75, 3.05) is 0 Å². The number of unbranched alkanes of at least 4 members (excludes halogenated alkanes) is 2. The first kappa shape index (κ1) is 26.9. The summed E-state index contributed by atoms with van der Waals surface area (Å²) in [6.07, 6.45) is 21.1. The van der Waals surface area contributed by atoms with E-state index in [9.17, 15) is 0 Å². The van der Waals surface area contributed by atoms with Gasteiger partial charge in [-0.05, 0) is 25.7 Å². The maximum absolute atomic E-state index is 6.90. The molecule has 0 fully saturated rings. The summed E-state index contributed by atoms with van der Waals surface area (Å²) in [7, 11) is 0. The third-order valence-electron chi connectivity index (χ3n) is 3.83. The van der Waals surface area contributed by atoms with Crippen molar-refractivity contribution in [1.29, 1.82) is 0 Å². The van der Waals surface area contributed by atoms with E-state index < -0.39 is 0 Å². The standard InChI is InChI=1S/2C12H13.Cu.Li/c2*1-3-5-6-12-9-7-11(4-2)8-10-12;;/h2*7-10H,3,5-6H2,1H3;;/q2*-1;+2;. The molecule has 0 aliphatic rings. The van der Waals surface area contributed by atoms with Gasteiger partial charge < -0.3 is 12.8 Å². The number of benzene rings is 2. The van der Waals surface area contributed by atoms with Crippen molar-refractivity contribution >= 4 is 18.9 Å². The molecule has 0 saturated carbocycles. The summed E-state index contributed by atoms with van der Waals surface area (Å²) in [6, 6.07) is 16.1. The molecule has 0 aromatic heterocycles. The minimum atomic E-state index is 0. The van der Waals surface area contributed by atoms with Gasteiger partial charge in [0.25, 0.3) is 0 Å². The quantitative estimate of drug-likeness (QED) is 0.348. The summed E-state index contributed by atoms with van der Waals surface area (Å²) in [4.78, 5) is 0. The molecular weight excluding hydrogens is 359 g/mol. The van der Waals surface area contributed by atoms with E-state index in [1.807, 2.05) is 24.3 Å². The van der Waals surface area contributed by atoms with Crippen molar-refractivity contribution in [1.82, 2.24) is 0 Å². The van der Waals surface area contributed by atoms with Crippen molar-refractivity contribution in [3.8, 4) is 11.8 Å². The van der Waals surface area contributed by atoms with Crippen molar-refractivity contribution in [3.63, 3.8) is 0 Å². The van der Waals surface area contributed by atoms with E-state index in [0.29, 0.717) is 0 Å². The second kappa shape index (κ2) is 17.1. The second-order valence-corrected chi connectivity index (χ2v) is 5.85. The van der Waals surface area contributed by atoms with Crippen LogP contribution in [0.2, 0.25) is 0 Å². The van der Waals surface area contributed by atoms with Crippen molar-refractivity contribution in [2.24, 2.45) is 0 Å². The first-order chi connectivity index (χ1) is 11.7. The van der Waals surface area contributed by atoms with Crippen LogP contribution in [0.5, 0.6) is 0 Å². The van der Waals surface area contributed by atoms with Gasteiger partial charge in [-0.15, -0.1) is 35.4 Å². The van der Waals surface area contributed by atoms with E-state index in [2.05, 4.69) is 50.0 Å². The fourth-order valence-corrected chi connectivity index (χ4v) is 2.27. The maximum Gasteiger partial charge on any atom is 2.00 e. The summed E-state index contributed by atoms with van der Waals surface area (Å²) in [5.74, 6) is 4.72. The average molecular weight is 385 g/mol. The normalized spacial score (nSPS) is 8.62.